The van der Waals surface area contributed by atoms with Gasteiger partial charge in [0, 0.05) is 13.1 Å². The molecule has 0 unspecified atom stereocenters. The van der Waals surface area contributed by atoms with E-state index >= 15 is 0 Å². The normalized spacial score (nSPS) is 18.8. The van der Waals surface area contributed by atoms with E-state index in [0.717, 1.165) is 0 Å². The maximum atomic E-state index is 12.4. The van der Waals surface area contributed by atoms with E-state index in [-0.39, 0.29) is 17.1 Å². The number of methoxy groups -OCH3 is 1. The Kier molecular flexibility index (Phi) is 7.00. The molecule has 9 nitrogen and oxygen atoms in total. The van der Waals surface area contributed by atoms with E-state index in [1.54, 1.807) is 24.3 Å². The summed E-state index contributed by atoms with van der Waals surface area (Å²) < 4.78 is 33.3. The number of amides is 2. The molecule has 0 spiro atoms. The molecule has 0 aliphatic carbocycles. The van der Waals surface area contributed by atoms with Crippen LogP contribution in [0, 0.1) is 0 Å². The van der Waals surface area contributed by atoms with Crippen LogP contribution < -0.4 is 10.1 Å². The van der Waals surface area contributed by atoms with Crippen molar-refractivity contribution >= 4 is 27.6 Å². The van der Waals surface area contributed by atoms with E-state index in [9.17, 15) is 22.8 Å². The predicted octanol–water partition coefficient (Wildman–Crippen LogP) is 0.00220. The average molecular weight is 412 g/mol. The molecule has 0 bridgehead atoms. The lowest BCUT2D eigenvalue weighted by molar-refractivity contribution is -0.158. The lowest BCUT2D eigenvalue weighted by Gasteiger charge is -2.26. The van der Waals surface area contributed by atoms with Crippen LogP contribution in [0.4, 0.5) is 0 Å². The zero-order valence-electron chi connectivity index (χ0n) is 16.0. The van der Waals surface area contributed by atoms with Crippen LogP contribution in [0.3, 0.4) is 0 Å². The highest BCUT2D eigenvalue weighted by atomic mass is 32.2. The van der Waals surface area contributed by atoms with Gasteiger partial charge in [0.2, 0.25) is 0 Å². The summed E-state index contributed by atoms with van der Waals surface area (Å²) in [6, 6.07) is 6.12. The molecule has 1 saturated heterocycles. The second-order valence-corrected chi connectivity index (χ2v) is 8.75. The van der Waals surface area contributed by atoms with Gasteiger partial charge in [-0.15, -0.1) is 0 Å². The maximum Gasteiger partial charge on any atom is 0.326 e. The van der Waals surface area contributed by atoms with Gasteiger partial charge >= 0.3 is 5.97 Å². The van der Waals surface area contributed by atoms with Crippen LogP contribution in [0.5, 0.6) is 5.75 Å². The molecule has 1 fully saturated rings. The van der Waals surface area contributed by atoms with Crippen LogP contribution in [0.25, 0.3) is 0 Å². The van der Waals surface area contributed by atoms with Gasteiger partial charge in [0.05, 0.1) is 24.2 Å². The average Bonchev–Trinajstić information content (AvgIpc) is 3.04. The largest absolute Gasteiger partial charge is 0.496 e. The van der Waals surface area contributed by atoms with E-state index in [2.05, 4.69) is 5.32 Å². The Balaban J connectivity index is 1.85. The number of sulfone groups is 1. The quantitative estimate of drug-likeness (QED) is 0.626. The zero-order valence-corrected chi connectivity index (χ0v) is 16.8. The first-order valence-electron chi connectivity index (χ1n) is 8.72. The highest BCUT2D eigenvalue weighted by Gasteiger charge is 2.34. The molecule has 2 amide bonds. The summed E-state index contributed by atoms with van der Waals surface area (Å²) in [5.74, 6) is -1.47. The monoisotopic (exact) mass is 412 g/mol. The highest BCUT2D eigenvalue weighted by Crippen LogP contribution is 2.18. The van der Waals surface area contributed by atoms with E-state index in [4.69, 9.17) is 9.47 Å². The third-order valence-corrected chi connectivity index (χ3v) is 6.25. The van der Waals surface area contributed by atoms with Crippen molar-refractivity contribution in [2.45, 2.75) is 25.5 Å². The molecule has 0 radical (unpaired) electrons. The van der Waals surface area contributed by atoms with Crippen LogP contribution >= 0.6 is 0 Å². The molecule has 1 aromatic carbocycles. The summed E-state index contributed by atoms with van der Waals surface area (Å²) >= 11 is 0. The van der Waals surface area contributed by atoms with Gasteiger partial charge < -0.3 is 19.7 Å². The molecule has 1 aliphatic rings. The highest BCUT2D eigenvalue weighted by molar-refractivity contribution is 7.91. The first-order chi connectivity index (χ1) is 13.1. The third kappa shape index (κ3) is 5.44. The summed E-state index contributed by atoms with van der Waals surface area (Å²) in [4.78, 5) is 37.8. The Morgan fingerprint density at radius 2 is 1.96 bits per heavy atom. The molecule has 154 valence electrons. The van der Waals surface area contributed by atoms with Crippen molar-refractivity contribution in [3.05, 3.63) is 29.8 Å². The summed E-state index contributed by atoms with van der Waals surface area (Å²) in [5, 5.41) is 2.42. The van der Waals surface area contributed by atoms with Crippen molar-refractivity contribution in [3.8, 4) is 5.75 Å². The number of hydrogen-bond acceptors (Lipinski definition) is 7. The fraction of sp³-hybridized carbons (Fsp3) is 0.500. The van der Waals surface area contributed by atoms with Gasteiger partial charge in [-0.3, -0.25) is 14.4 Å². The van der Waals surface area contributed by atoms with Crippen molar-refractivity contribution in [2.24, 2.45) is 0 Å². The van der Waals surface area contributed by atoms with Gasteiger partial charge in [-0.1, -0.05) is 12.1 Å². The van der Waals surface area contributed by atoms with Gasteiger partial charge in [0.25, 0.3) is 11.8 Å². The number of carbonyl (C=O) groups is 3. The molecule has 1 aliphatic heterocycles. The second kappa shape index (κ2) is 9.05. The number of hydrogen-bond donors (Lipinski definition) is 1. The summed E-state index contributed by atoms with van der Waals surface area (Å²) in [6.45, 7) is 0.984. The van der Waals surface area contributed by atoms with Crippen LogP contribution in [-0.4, -0.2) is 75.5 Å². The standard InChI is InChI=1S/C18H24N2O7S/c1-12(18(23)20(2)13-8-9-28(24,25)11-13)27-16(21)10-19-17(22)14-6-4-5-7-15(14)26-3/h4-7,12-13H,8-11H2,1-3H3,(H,19,22)/t12-,13-/m1/s1. The number of carbonyl (C=O) groups excluding carboxylic acids is 3. The molecule has 28 heavy (non-hydrogen) atoms. The Morgan fingerprint density at radius 3 is 2.57 bits per heavy atom. The van der Waals surface area contributed by atoms with Crippen molar-refractivity contribution in [3.63, 3.8) is 0 Å². The molecule has 2 rings (SSSR count). The third-order valence-electron chi connectivity index (χ3n) is 4.50. The molecular formula is C18H24N2O7S. The topological polar surface area (TPSA) is 119 Å². The number of likely N-dealkylation sites (N-methyl/N-ethyl adjacent to an activating group) is 1. The van der Waals surface area contributed by atoms with E-state index in [1.165, 1.54) is 26.0 Å². The number of ether oxygens (including phenoxy) is 2. The first-order valence-corrected chi connectivity index (χ1v) is 10.5. The summed E-state index contributed by atoms with van der Waals surface area (Å²) in [6.07, 6.45) is -0.732. The van der Waals surface area contributed by atoms with Gasteiger partial charge in [0.15, 0.2) is 15.9 Å². The molecule has 1 N–H and O–H groups in total. The lowest BCUT2D eigenvalue weighted by atomic mass is 10.2. The molecule has 1 heterocycles. The van der Waals surface area contributed by atoms with Crippen molar-refractivity contribution in [2.75, 3.05) is 32.2 Å². The molecule has 10 heteroatoms. The fourth-order valence-electron chi connectivity index (χ4n) is 2.92. The predicted molar refractivity (Wildman–Crippen MR) is 101 cm³/mol. The SMILES string of the molecule is COc1ccccc1C(=O)NCC(=O)O[C@H](C)C(=O)N(C)[C@@H]1CCS(=O)(=O)C1. The second-order valence-electron chi connectivity index (χ2n) is 6.52. The summed E-state index contributed by atoms with van der Waals surface area (Å²) in [5.41, 5.74) is 0.268. The Hall–Kier alpha value is -2.62. The number of nitrogens with zero attached hydrogens (tertiary/aromatic N) is 1. The van der Waals surface area contributed by atoms with Crippen LogP contribution in [0.2, 0.25) is 0 Å². The molecule has 1 aromatic rings. The lowest BCUT2D eigenvalue weighted by Crippen LogP contribution is -2.44. The Morgan fingerprint density at radius 1 is 1.29 bits per heavy atom. The minimum Gasteiger partial charge on any atom is -0.496 e. The summed E-state index contributed by atoms with van der Waals surface area (Å²) in [7, 11) is -0.214. The number of para-hydroxylation sites is 1. The molecule has 0 saturated carbocycles. The smallest absolute Gasteiger partial charge is 0.326 e. The van der Waals surface area contributed by atoms with Gasteiger partial charge in [-0.2, -0.15) is 0 Å². The Labute approximate surface area is 163 Å². The van der Waals surface area contributed by atoms with Crippen molar-refractivity contribution in [1.29, 1.82) is 0 Å². The zero-order chi connectivity index (χ0) is 20.9. The molecule has 2 atom stereocenters. The van der Waals surface area contributed by atoms with E-state index in [0.29, 0.717) is 12.2 Å². The number of benzene rings is 1. The van der Waals surface area contributed by atoms with Crippen LogP contribution in [-0.2, 0) is 24.2 Å². The first kappa shape index (κ1) is 21.7. The molecule has 0 aromatic heterocycles. The minimum absolute atomic E-state index is 0.0401. The van der Waals surface area contributed by atoms with E-state index in [1.807, 2.05) is 0 Å². The van der Waals surface area contributed by atoms with E-state index < -0.39 is 46.3 Å². The van der Waals surface area contributed by atoms with Crippen LogP contribution in [0.1, 0.15) is 23.7 Å². The number of nitrogens with one attached hydrogen (secondary N) is 1. The van der Waals surface area contributed by atoms with Crippen LogP contribution in [0.15, 0.2) is 24.3 Å². The van der Waals surface area contributed by atoms with Crippen molar-refractivity contribution in [1.82, 2.24) is 10.2 Å². The Bertz CT molecular complexity index is 853. The van der Waals surface area contributed by atoms with Gasteiger partial charge in [0.1, 0.15) is 12.3 Å². The van der Waals surface area contributed by atoms with Gasteiger partial charge in [-0.05, 0) is 25.5 Å². The number of rotatable bonds is 7. The fourth-order valence-corrected chi connectivity index (χ4v) is 4.69. The van der Waals surface area contributed by atoms with Gasteiger partial charge in [-0.25, -0.2) is 8.42 Å². The maximum absolute atomic E-state index is 12.4. The minimum atomic E-state index is -3.13. The van der Waals surface area contributed by atoms with Crippen molar-refractivity contribution < 1.29 is 32.3 Å². The number of esters is 1. The molecular weight excluding hydrogens is 388 g/mol.